The summed E-state index contributed by atoms with van der Waals surface area (Å²) < 4.78 is 5.19. The average Bonchev–Trinajstić information content (AvgIpc) is 2.59. The maximum atomic E-state index is 13.0. The van der Waals surface area contributed by atoms with Gasteiger partial charge in [0.05, 0.1) is 12.5 Å². The summed E-state index contributed by atoms with van der Waals surface area (Å²) in [6, 6.07) is 2.29. The third-order valence-corrected chi connectivity index (χ3v) is 4.51. The van der Waals surface area contributed by atoms with Crippen molar-refractivity contribution in [2.75, 3.05) is 5.73 Å². The van der Waals surface area contributed by atoms with E-state index in [1.54, 1.807) is 19.1 Å². The number of anilines is 1. The standard InChI is InChI=1S/C20H25N3O6/c1-9(2)6-13(22)19(27)23-14(8-16(24)25)18(26)17-10(3)12-5-4-11(21)7-15(12)29-20(17)28/h4-5,7,9,13-14H,6,8,21-22H2,1-3H3,(H,23,27)(H,24,25)/t13-,14-/m0/s1. The fraction of sp³-hybridized carbons (Fsp3) is 0.400. The summed E-state index contributed by atoms with van der Waals surface area (Å²) in [5, 5.41) is 12.0. The van der Waals surface area contributed by atoms with Gasteiger partial charge in [-0.15, -0.1) is 0 Å². The highest BCUT2D eigenvalue weighted by Crippen LogP contribution is 2.22. The molecule has 6 N–H and O–H groups in total. The van der Waals surface area contributed by atoms with Gasteiger partial charge in [-0.1, -0.05) is 13.8 Å². The molecule has 0 aliphatic rings. The first-order chi connectivity index (χ1) is 13.5. The highest BCUT2D eigenvalue weighted by Gasteiger charge is 2.31. The molecule has 0 saturated carbocycles. The Bertz CT molecular complexity index is 1010. The van der Waals surface area contributed by atoms with Crippen LogP contribution in [0.4, 0.5) is 5.69 Å². The number of Topliss-reactive ketones (excluding diaryl/α,β-unsaturated/α-hetero) is 1. The number of carboxylic acids is 1. The molecule has 1 aromatic heterocycles. The topological polar surface area (TPSA) is 166 Å². The van der Waals surface area contributed by atoms with Crippen molar-refractivity contribution < 1.29 is 23.9 Å². The minimum absolute atomic E-state index is 0.131. The summed E-state index contributed by atoms with van der Waals surface area (Å²) in [7, 11) is 0. The van der Waals surface area contributed by atoms with Crippen LogP contribution in [0.2, 0.25) is 0 Å². The van der Waals surface area contributed by atoms with Gasteiger partial charge in [-0.25, -0.2) is 4.79 Å². The zero-order chi connectivity index (χ0) is 21.9. The van der Waals surface area contributed by atoms with Crippen LogP contribution in [0.15, 0.2) is 27.4 Å². The molecule has 0 bridgehead atoms. The highest BCUT2D eigenvalue weighted by molar-refractivity contribution is 6.06. The number of hydrogen-bond acceptors (Lipinski definition) is 7. The SMILES string of the molecule is Cc1c(C(=O)[C@H](CC(=O)O)NC(=O)[C@@H](N)CC(C)C)c(=O)oc2cc(N)ccc12. The molecule has 156 valence electrons. The number of aliphatic carboxylic acids is 1. The Kier molecular flexibility index (Phi) is 6.76. The lowest BCUT2D eigenvalue weighted by Crippen LogP contribution is -2.50. The van der Waals surface area contributed by atoms with Crippen molar-refractivity contribution in [1.29, 1.82) is 0 Å². The number of fused-ring (bicyclic) bond motifs is 1. The van der Waals surface area contributed by atoms with Gasteiger partial charge in [0, 0.05) is 17.1 Å². The van der Waals surface area contributed by atoms with E-state index in [0.29, 0.717) is 23.1 Å². The summed E-state index contributed by atoms with van der Waals surface area (Å²) in [6.45, 7) is 5.31. The molecule has 0 radical (unpaired) electrons. The van der Waals surface area contributed by atoms with Gasteiger partial charge < -0.3 is 26.3 Å². The van der Waals surface area contributed by atoms with Crippen molar-refractivity contribution in [2.45, 2.75) is 45.7 Å². The second-order valence-electron chi connectivity index (χ2n) is 7.40. The van der Waals surface area contributed by atoms with E-state index in [1.165, 1.54) is 6.07 Å². The maximum absolute atomic E-state index is 13.0. The molecule has 2 aromatic rings. The van der Waals surface area contributed by atoms with Crippen LogP contribution in [-0.2, 0) is 9.59 Å². The minimum atomic E-state index is -1.45. The Hall–Kier alpha value is -3.20. The lowest BCUT2D eigenvalue weighted by Gasteiger charge is -2.20. The van der Waals surface area contributed by atoms with E-state index < -0.39 is 41.8 Å². The van der Waals surface area contributed by atoms with Gasteiger partial charge in [0.1, 0.15) is 17.2 Å². The van der Waals surface area contributed by atoms with Crippen molar-refractivity contribution >= 4 is 34.3 Å². The smallest absolute Gasteiger partial charge is 0.347 e. The van der Waals surface area contributed by atoms with Crippen molar-refractivity contribution in [3.63, 3.8) is 0 Å². The van der Waals surface area contributed by atoms with Crippen LogP contribution in [0.5, 0.6) is 0 Å². The number of ketones is 1. The number of carboxylic acid groups (broad SMARTS) is 1. The normalized spacial score (nSPS) is 13.3. The fourth-order valence-corrected chi connectivity index (χ4v) is 3.11. The van der Waals surface area contributed by atoms with Crippen molar-refractivity contribution in [2.24, 2.45) is 11.7 Å². The molecule has 0 spiro atoms. The van der Waals surface area contributed by atoms with Gasteiger partial charge >= 0.3 is 11.6 Å². The number of hydrogen-bond donors (Lipinski definition) is 4. The van der Waals surface area contributed by atoms with Crippen LogP contribution in [0.1, 0.15) is 42.6 Å². The molecule has 0 unspecified atom stereocenters. The molecule has 1 aromatic carbocycles. The maximum Gasteiger partial charge on any atom is 0.347 e. The van der Waals surface area contributed by atoms with Gasteiger partial charge in [0.2, 0.25) is 5.91 Å². The molecule has 9 heteroatoms. The lowest BCUT2D eigenvalue weighted by atomic mass is 9.96. The number of carbonyl (C=O) groups excluding carboxylic acids is 2. The first kappa shape index (κ1) is 22.1. The largest absolute Gasteiger partial charge is 0.481 e. The molecule has 1 amide bonds. The minimum Gasteiger partial charge on any atom is -0.481 e. The number of rotatable bonds is 8. The second-order valence-corrected chi connectivity index (χ2v) is 7.40. The van der Waals surface area contributed by atoms with Gasteiger partial charge in [-0.05, 0) is 37.0 Å². The van der Waals surface area contributed by atoms with Gasteiger partial charge in [0.25, 0.3) is 0 Å². The Balaban J connectivity index is 2.43. The van der Waals surface area contributed by atoms with E-state index in [-0.39, 0.29) is 17.1 Å². The number of benzene rings is 1. The molecule has 1 heterocycles. The first-order valence-corrected chi connectivity index (χ1v) is 9.16. The van der Waals surface area contributed by atoms with Crippen molar-refractivity contribution in [3.8, 4) is 0 Å². The number of nitrogens with two attached hydrogens (primary N) is 2. The number of nitrogens with one attached hydrogen (secondary N) is 1. The Morgan fingerprint density at radius 2 is 1.90 bits per heavy atom. The third-order valence-electron chi connectivity index (χ3n) is 4.51. The zero-order valence-corrected chi connectivity index (χ0v) is 16.5. The number of nitrogen functional groups attached to an aromatic ring is 1. The fourth-order valence-electron chi connectivity index (χ4n) is 3.11. The lowest BCUT2D eigenvalue weighted by molar-refractivity contribution is -0.137. The van der Waals surface area contributed by atoms with E-state index in [4.69, 9.17) is 21.0 Å². The Labute approximate surface area is 167 Å². The van der Waals surface area contributed by atoms with Crippen LogP contribution in [-0.4, -0.2) is 34.8 Å². The summed E-state index contributed by atoms with van der Waals surface area (Å²) in [5.74, 6) is -2.68. The van der Waals surface area contributed by atoms with E-state index in [1.807, 2.05) is 13.8 Å². The van der Waals surface area contributed by atoms with E-state index in [0.717, 1.165) is 0 Å². The van der Waals surface area contributed by atoms with Crippen molar-refractivity contribution in [3.05, 3.63) is 39.7 Å². The molecule has 2 atom stereocenters. The molecular weight excluding hydrogens is 378 g/mol. The molecule has 0 saturated heterocycles. The predicted molar refractivity (Wildman–Crippen MR) is 108 cm³/mol. The van der Waals surface area contributed by atoms with E-state index >= 15 is 0 Å². The first-order valence-electron chi connectivity index (χ1n) is 9.16. The summed E-state index contributed by atoms with van der Waals surface area (Å²) in [4.78, 5) is 49.0. The zero-order valence-electron chi connectivity index (χ0n) is 16.5. The summed E-state index contributed by atoms with van der Waals surface area (Å²) in [5.41, 5.74) is 11.2. The molecule has 0 fully saturated rings. The Morgan fingerprint density at radius 3 is 2.48 bits per heavy atom. The molecule has 0 aliphatic carbocycles. The summed E-state index contributed by atoms with van der Waals surface area (Å²) in [6.07, 6.45) is -0.337. The number of amides is 1. The van der Waals surface area contributed by atoms with Crippen LogP contribution < -0.4 is 22.4 Å². The molecular formula is C20H25N3O6. The van der Waals surface area contributed by atoms with Gasteiger partial charge in [-0.2, -0.15) is 0 Å². The van der Waals surface area contributed by atoms with Gasteiger partial charge in [0.15, 0.2) is 5.78 Å². The summed E-state index contributed by atoms with van der Waals surface area (Å²) >= 11 is 0. The average molecular weight is 403 g/mol. The highest BCUT2D eigenvalue weighted by atomic mass is 16.4. The molecule has 29 heavy (non-hydrogen) atoms. The van der Waals surface area contributed by atoms with Crippen LogP contribution in [0, 0.1) is 12.8 Å². The van der Waals surface area contributed by atoms with Crippen molar-refractivity contribution in [1.82, 2.24) is 5.32 Å². The monoisotopic (exact) mass is 403 g/mol. The number of carbonyl (C=O) groups is 3. The number of aryl methyl sites for hydroxylation is 1. The second kappa shape index (κ2) is 8.87. The molecule has 0 aliphatic heterocycles. The van der Waals surface area contributed by atoms with E-state index in [9.17, 15) is 19.2 Å². The van der Waals surface area contributed by atoms with Crippen LogP contribution in [0.25, 0.3) is 11.0 Å². The van der Waals surface area contributed by atoms with Gasteiger partial charge in [-0.3, -0.25) is 14.4 Å². The quantitative estimate of drug-likeness (QED) is 0.290. The molecule has 2 rings (SSSR count). The Morgan fingerprint density at radius 1 is 1.24 bits per heavy atom. The van der Waals surface area contributed by atoms with Crippen LogP contribution in [0.3, 0.4) is 0 Å². The molecule has 9 nitrogen and oxygen atoms in total. The van der Waals surface area contributed by atoms with E-state index in [2.05, 4.69) is 5.32 Å². The predicted octanol–water partition coefficient (Wildman–Crippen LogP) is 1.20. The third kappa shape index (κ3) is 5.20. The van der Waals surface area contributed by atoms with Crippen LogP contribution >= 0.6 is 0 Å².